The highest BCUT2D eigenvalue weighted by Gasteiger charge is 2.29. The number of para-hydroxylation sites is 1. The zero-order valence-corrected chi connectivity index (χ0v) is 23.0. The van der Waals surface area contributed by atoms with Gasteiger partial charge in [-0.05, 0) is 68.4 Å². The number of hydrogen-bond acceptors (Lipinski definition) is 5. The van der Waals surface area contributed by atoms with Crippen molar-refractivity contribution >= 4 is 22.0 Å². The van der Waals surface area contributed by atoms with Gasteiger partial charge in [-0.2, -0.15) is 14.7 Å². The number of amides is 1. The number of carbonyl (C=O) groups excluding carboxylic acids is 1. The molecule has 202 valence electrons. The van der Waals surface area contributed by atoms with Gasteiger partial charge in [0.1, 0.15) is 17.3 Å². The van der Waals surface area contributed by atoms with Crippen LogP contribution < -0.4 is 0 Å². The minimum absolute atomic E-state index is 0.0387. The van der Waals surface area contributed by atoms with Crippen LogP contribution in [0, 0.1) is 17.2 Å². The van der Waals surface area contributed by atoms with Crippen LogP contribution in [0.15, 0.2) is 71.3 Å². The third-order valence-corrected chi connectivity index (χ3v) is 9.28. The van der Waals surface area contributed by atoms with Gasteiger partial charge in [-0.3, -0.25) is 4.79 Å². The Kier molecular flexibility index (Phi) is 7.96. The minimum Gasteiger partial charge on any atom is -0.338 e. The Morgan fingerprint density at radius 2 is 1.79 bits per heavy atom. The van der Waals surface area contributed by atoms with Gasteiger partial charge in [0, 0.05) is 43.5 Å². The molecule has 0 saturated carbocycles. The predicted molar refractivity (Wildman–Crippen MR) is 150 cm³/mol. The van der Waals surface area contributed by atoms with E-state index in [4.69, 9.17) is 5.10 Å². The zero-order chi connectivity index (χ0) is 27.4. The Hall–Kier alpha value is -3.74. The average Bonchev–Trinajstić information content (AvgIpc) is 3.40. The molecule has 3 heterocycles. The molecule has 2 aliphatic rings. The lowest BCUT2D eigenvalue weighted by Crippen LogP contribution is -2.39. The van der Waals surface area contributed by atoms with Crippen LogP contribution >= 0.6 is 0 Å². The lowest BCUT2D eigenvalue weighted by molar-refractivity contribution is -0.127. The smallest absolute Gasteiger partial charge is 0.264 e. The second kappa shape index (κ2) is 11.6. The molecule has 1 amide bonds. The molecule has 0 radical (unpaired) electrons. The van der Waals surface area contributed by atoms with E-state index in [1.165, 1.54) is 0 Å². The number of aromatic nitrogens is 2. The molecule has 2 aliphatic heterocycles. The van der Waals surface area contributed by atoms with Gasteiger partial charge in [0.05, 0.1) is 10.6 Å². The van der Waals surface area contributed by atoms with E-state index in [9.17, 15) is 18.5 Å². The average molecular weight is 544 g/mol. The molecule has 0 bridgehead atoms. The van der Waals surface area contributed by atoms with E-state index in [-0.39, 0.29) is 16.4 Å². The number of benzene rings is 2. The van der Waals surface area contributed by atoms with Gasteiger partial charge in [-0.15, -0.1) is 0 Å². The molecular formula is C30H33N5O3S. The number of nitriles is 1. The summed E-state index contributed by atoms with van der Waals surface area (Å²) >= 11 is 0. The van der Waals surface area contributed by atoms with E-state index < -0.39 is 10.0 Å². The standard InChI is InChI=1S/C30H33N5O3S/c1-23-10-9-17-34(21-23)39(37,38)28-14-8-11-24(19-28)29-26(22-35(32-29)27-12-4-2-5-13-27)18-25(20-31)30(36)33-15-6-3-7-16-33/h2,4-5,8,11-14,18-19,22-23H,3,6-7,9-10,15-17,21H2,1H3/b25-18-. The molecule has 8 nitrogen and oxygen atoms in total. The third kappa shape index (κ3) is 5.82. The van der Waals surface area contributed by atoms with E-state index in [1.807, 2.05) is 36.4 Å². The number of likely N-dealkylation sites (tertiary alicyclic amines) is 1. The Labute approximate surface area is 230 Å². The van der Waals surface area contributed by atoms with Crippen LogP contribution in [0.5, 0.6) is 0 Å². The number of rotatable bonds is 6. The van der Waals surface area contributed by atoms with Crippen molar-refractivity contribution in [2.45, 2.75) is 43.9 Å². The fourth-order valence-electron chi connectivity index (χ4n) is 5.31. The van der Waals surface area contributed by atoms with Gasteiger partial charge in [-0.25, -0.2) is 13.1 Å². The fourth-order valence-corrected chi connectivity index (χ4v) is 6.96. The van der Waals surface area contributed by atoms with E-state index >= 15 is 0 Å². The van der Waals surface area contributed by atoms with Crippen molar-refractivity contribution in [2.75, 3.05) is 26.2 Å². The first-order valence-corrected chi connectivity index (χ1v) is 15.0. The van der Waals surface area contributed by atoms with Crippen LogP contribution in [-0.2, 0) is 14.8 Å². The van der Waals surface area contributed by atoms with Crippen molar-refractivity contribution in [2.24, 2.45) is 5.92 Å². The largest absolute Gasteiger partial charge is 0.338 e. The van der Waals surface area contributed by atoms with Gasteiger partial charge < -0.3 is 4.90 Å². The first-order valence-electron chi connectivity index (χ1n) is 13.5. The van der Waals surface area contributed by atoms with Gasteiger partial charge in [0.2, 0.25) is 10.0 Å². The molecule has 5 rings (SSSR count). The van der Waals surface area contributed by atoms with Gasteiger partial charge >= 0.3 is 0 Å². The normalized spacial score (nSPS) is 19.0. The molecule has 3 aromatic rings. The van der Waals surface area contributed by atoms with Crippen LogP contribution in [0.2, 0.25) is 0 Å². The molecule has 1 atom stereocenters. The molecule has 0 aliphatic carbocycles. The predicted octanol–water partition coefficient (Wildman–Crippen LogP) is 4.88. The Bertz CT molecular complexity index is 1520. The Morgan fingerprint density at radius 3 is 2.51 bits per heavy atom. The second-order valence-electron chi connectivity index (χ2n) is 10.4. The van der Waals surface area contributed by atoms with Crippen molar-refractivity contribution in [3.8, 4) is 23.0 Å². The topological polar surface area (TPSA) is 99.3 Å². The molecule has 1 unspecified atom stereocenters. The maximum Gasteiger partial charge on any atom is 0.264 e. The lowest BCUT2D eigenvalue weighted by Gasteiger charge is -2.30. The SMILES string of the molecule is CC1CCCN(S(=O)(=O)c2cccc(-c3nn(-c4ccccc4)cc3/C=C(/C#N)C(=O)N3CCCCC3)c2)C1. The van der Waals surface area contributed by atoms with Crippen molar-refractivity contribution in [3.05, 3.63) is 71.9 Å². The second-order valence-corrected chi connectivity index (χ2v) is 12.3. The van der Waals surface area contributed by atoms with Gasteiger partial charge in [0.25, 0.3) is 5.91 Å². The highest BCUT2D eigenvalue weighted by Crippen LogP contribution is 2.30. The highest BCUT2D eigenvalue weighted by atomic mass is 32.2. The number of carbonyl (C=O) groups is 1. The highest BCUT2D eigenvalue weighted by molar-refractivity contribution is 7.89. The summed E-state index contributed by atoms with van der Waals surface area (Å²) < 4.78 is 30.3. The number of nitrogens with zero attached hydrogens (tertiary/aromatic N) is 5. The van der Waals surface area contributed by atoms with Crippen molar-refractivity contribution in [3.63, 3.8) is 0 Å². The van der Waals surface area contributed by atoms with E-state index in [0.29, 0.717) is 48.9 Å². The molecule has 9 heteroatoms. The Balaban J connectivity index is 1.57. The van der Waals surface area contributed by atoms with E-state index in [2.05, 4.69) is 13.0 Å². The summed E-state index contributed by atoms with van der Waals surface area (Å²) in [5.74, 6) is 0.0306. The summed E-state index contributed by atoms with van der Waals surface area (Å²) in [4.78, 5) is 15.1. The van der Waals surface area contributed by atoms with Crippen LogP contribution in [0.1, 0.15) is 44.6 Å². The van der Waals surface area contributed by atoms with Gasteiger partial charge in [0.15, 0.2) is 0 Å². The summed E-state index contributed by atoms with van der Waals surface area (Å²) in [5, 5.41) is 14.7. The van der Waals surface area contributed by atoms with Crippen LogP contribution in [-0.4, -0.2) is 59.5 Å². The molecule has 2 aromatic carbocycles. The van der Waals surface area contributed by atoms with Crippen LogP contribution in [0.3, 0.4) is 0 Å². The zero-order valence-electron chi connectivity index (χ0n) is 22.2. The molecule has 2 saturated heterocycles. The fraction of sp³-hybridized carbons (Fsp3) is 0.367. The quantitative estimate of drug-likeness (QED) is 0.326. The van der Waals surface area contributed by atoms with E-state index in [1.54, 1.807) is 44.4 Å². The first kappa shape index (κ1) is 26.9. The van der Waals surface area contributed by atoms with Crippen molar-refractivity contribution < 1.29 is 13.2 Å². The Morgan fingerprint density at radius 1 is 1.03 bits per heavy atom. The monoisotopic (exact) mass is 543 g/mol. The van der Waals surface area contributed by atoms with E-state index in [0.717, 1.165) is 37.8 Å². The molecule has 39 heavy (non-hydrogen) atoms. The van der Waals surface area contributed by atoms with Gasteiger partial charge in [-0.1, -0.05) is 37.3 Å². The summed E-state index contributed by atoms with van der Waals surface area (Å²) in [6.07, 6.45) is 8.16. The van der Waals surface area contributed by atoms with Crippen molar-refractivity contribution in [1.82, 2.24) is 19.0 Å². The lowest BCUT2D eigenvalue weighted by atomic mass is 10.0. The summed E-state index contributed by atoms with van der Waals surface area (Å²) in [6.45, 7) is 4.38. The third-order valence-electron chi connectivity index (χ3n) is 7.42. The first-order chi connectivity index (χ1) is 18.9. The summed E-state index contributed by atoms with van der Waals surface area (Å²) in [7, 11) is -3.67. The maximum absolute atomic E-state index is 13.5. The molecule has 2 fully saturated rings. The minimum atomic E-state index is -3.67. The van der Waals surface area contributed by atoms with Crippen LogP contribution in [0.4, 0.5) is 0 Å². The summed E-state index contributed by atoms with van der Waals surface area (Å²) in [6, 6.07) is 18.4. The van der Waals surface area contributed by atoms with Crippen molar-refractivity contribution in [1.29, 1.82) is 5.26 Å². The summed E-state index contributed by atoms with van der Waals surface area (Å²) in [5.41, 5.74) is 2.52. The number of hydrogen-bond donors (Lipinski definition) is 0. The molecular weight excluding hydrogens is 510 g/mol. The molecule has 1 aromatic heterocycles. The molecule has 0 N–H and O–H groups in total. The maximum atomic E-state index is 13.5. The number of sulfonamides is 1. The van der Waals surface area contributed by atoms with Crippen LogP contribution in [0.25, 0.3) is 23.0 Å². The number of piperidine rings is 2. The molecule has 0 spiro atoms.